The Labute approximate surface area is 140 Å². The van der Waals surface area contributed by atoms with E-state index in [1.807, 2.05) is 31.2 Å². The van der Waals surface area contributed by atoms with Crippen LogP contribution in [-0.2, 0) is 11.2 Å². The number of carbonyl (C=O) groups is 1. The molecule has 0 fully saturated rings. The summed E-state index contributed by atoms with van der Waals surface area (Å²) in [5.74, 6) is 0.199. The zero-order valence-electron chi connectivity index (χ0n) is 12.4. The number of benzene rings is 2. The second-order valence-corrected chi connectivity index (χ2v) is 5.68. The van der Waals surface area contributed by atoms with Crippen LogP contribution in [0.25, 0.3) is 0 Å². The molecule has 22 heavy (non-hydrogen) atoms. The van der Waals surface area contributed by atoms with Gasteiger partial charge in [0, 0.05) is 10.7 Å². The SMILES string of the molecule is CCc1ccccc1NC(=O)[C@@H](C)Oc1ccc(Cl)cc1Cl. The van der Waals surface area contributed by atoms with Crippen molar-refractivity contribution in [1.29, 1.82) is 0 Å². The average molecular weight is 338 g/mol. The van der Waals surface area contributed by atoms with Crippen LogP contribution < -0.4 is 10.1 Å². The smallest absolute Gasteiger partial charge is 0.265 e. The molecular weight excluding hydrogens is 321 g/mol. The molecule has 1 N–H and O–H groups in total. The van der Waals surface area contributed by atoms with Crippen molar-refractivity contribution in [2.24, 2.45) is 0 Å². The van der Waals surface area contributed by atoms with Crippen molar-refractivity contribution in [3.8, 4) is 5.75 Å². The molecule has 0 spiro atoms. The summed E-state index contributed by atoms with van der Waals surface area (Å²) in [6.45, 7) is 3.72. The molecule has 0 aliphatic heterocycles. The summed E-state index contributed by atoms with van der Waals surface area (Å²) in [6.07, 6.45) is 0.165. The van der Waals surface area contributed by atoms with Crippen molar-refractivity contribution in [1.82, 2.24) is 0 Å². The van der Waals surface area contributed by atoms with E-state index < -0.39 is 6.10 Å². The van der Waals surface area contributed by atoms with E-state index in [-0.39, 0.29) is 5.91 Å². The number of ether oxygens (including phenoxy) is 1. The number of rotatable bonds is 5. The lowest BCUT2D eigenvalue weighted by Gasteiger charge is -2.17. The number of halogens is 2. The van der Waals surface area contributed by atoms with Crippen LogP contribution in [-0.4, -0.2) is 12.0 Å². The molecule has 2 rings (SSSR count). The lowest BCUT2D eigenvalue weighted by atomic mass is 10.1. The van der Waals surface area contributed by atoms with E-state index in [0.29, 0.717) is 15.8 Å². The zero-order chi connectivity index (χ0) is 16.1. The van der Waals surface area contributed by atoms with Gasteiger partial charge in [0.1, 0.15) is 5.75 Å². The van der Waals surface area contributed by atoms with Gasteiger partial charge in [-0.25, -0.2) is 0 Å². The van der Waals surface area contributed by atoms with Crippen LogP contribution in [0, 0.1) is 0 Å². The van der Waals surface area contributed by atoms with Crippen molar-refractivity contribution < 1.29 is 9.53 Å². The van der Waals surface area contributed by atoms with Gasteiger partial charge in [-0.15, -0.1) is 0 Å². The van der Waals surface area contributed by atoms with Crippen LogP contribution in [0.2, 0.25) is 10.0 Å². The van der Waals surface area contributed by atoms with Crippen molar-refractivity contribution in [3.05, 3.63) is 58.1 Å². The number of hydrogen-bond donors (Lipinski definition) is 1. The summed E-state index contributed by atoms with van der Waals surface area (Å²) < 4.78 is 5.60. The fourth-order valence-electron chi connectivity index (χ4n) is 2.00. The molecule has 2 aromatic rings. The standard InChI is InChI=1S/C17H17Cl2NO2/c1-3-12-6-4-5-7-15(12)20-17(21)11(2)22-16-9-8-13(18)10-14(16)19/h4-11H,3H2,1-2H3,(H,20,21)/t11-/m1/s1. The van der Waals surface area contributed by atoms with E-state index in [2.05, 4.69) is 5.32 Å². The third-order valence-electron chi connectivity index (χ3n) is 3.22. The Hall–Kier alpha value is -1.71. The monoisotopic (exact) mass is 337 g/mol. The summed E-state index contributed by atoms with van der Waals surface area (Å²) >= 11 is 11.9. The topological polar surface area (TPSA) is 38.3 Å². The van der Waals surface area contributed by atoms with Gasteiger partial charge in [0.25, 0.3) is 5.91 Å². The van der Waals surface area contributed by atoms with Gasteiger partial charge in [-0.1, -0.05) is 48.3 Å². The molecule has 0 radical (unpaired) electrons. The fourth-order valence-corrected chi connectivity index (χ4v) is 2.45. The minimum Gasteiger partial charge on any atom is -0.479 e. The number of nitrogens with one attached hydrogen (secondary N) is 1. The van der Waals surface area contributed by atoms with E-state index in [4.69, 9.17) is 27.9 Å². The Morgan fingerprint density at radius 1 is 1.23 bits per heavy atom. The molecule has 0 aliphatic carbocycles. The third kappa shape index (κ3) is 4.15. The minimum absolute atomic E-state index is 0.230. The second kappa shape index (κ2) is 7.52. The number of anilines is 1. The Kier molecular flexibility index (Phi) is 5.69. The molecule has 116 valence electrons. The van der Waals surface area contributed by atoms with E-state index in [9.17, 15) is 4.79 Å². The predicted molar refractivity (Wildman–Crippen MR) is 91.0 cm³/mol. The van der Waals surface area contributed by atoms with E-state index in [0.717, 1.165) is 17.7 Å². The first kappa shape index (κ1) is 16.7. The van der Waals surface area contributed by atoms with Crippen molar-refractivity contribution in [2.75, 3.05) is 5.32 Å². The first-order valence-electron chi connectivity index (χ1n) is 7.01. The summed E-state index contributed by atoms with van der Waals surface area (Å²) in [5, 5.41) is 3.77. The van der Waals surface area contributed by atoms with Crippen LogP contribution in [0.3, 0.4) is 0 Å². The Bertz CT molecular complexity index is 673. The fraction of sp³-hybridized carbons (Fsp3) is 0.235. The molecule has 1 amide bonds. The summed E-state index contributed by atoms with van der Waals surface area (Å²) in [6, 6.07) is 12.6. The maximum absolute atomic E-state index is 12.3. The largest absolute Gasteiger partial charge is 0.479 e. The lowest BCUT2D eigenvalue weighted by molar-refractivity contribution is -0.122. The molecule has 1 atom stereocenters. The Morgan fingerprint density at radius 3 is 2.64 bits per heavy atom. The summed E-state index contributed by atoms with van der Waals surface area (Å²) in [5.41, 5.74) is 1.88. The quantitative estimate of drug-likeness (QED) is 0.837. The summed E-state index contributed by atoms with van der Waals surface area (Å²) in [4.78, 5) is 12.3. The Balaban J connectivity index is 2.06. The van der Waals surface area contributed by atoms with Crippen LogP contribution in [0.5, 0.6) is 5.75 Å². The van der Waals surface area contributed by atoms with Gasteiger partial charge in [-0.05, 0) is 43.2 Å². The molecule has 0 heterocycles. The van der Waals surface area contributed by atoms with Crippen LogP contribution in [0.15, 0.2) is 42.5 Å². The zero-order valence-corrected chi connectivity index (χ0v) is 13.9. The van der Waals surface area contributed by atoms with Gasteiger partial charge >= 0.3 is 0 Å². The lowest BCUT2D eigenvalue weighted by Crippen LogP contribution is -2.30. The molecular formula is C17H17Cl2NO2. The van der Waals surface area contributed by atoms with Crippen molar-refractivity contribution >= 4 is 34.8 Å². The van der Waals surface area contributed by atoms with Gasteiger partial charge in [0.15, 0.2) is 6.10 Å². The minimum atomic E-state index is -0.677. The molecule has 2 aromatic carbocycles. The van der Waals surface area contributed by atoms with Crippen molar-refractivity contribution in [2.45, 2.75) is 26.4 Å². The number of para-hydroxylation sites is 1. The van der Waals surface area contributed by atoms with Gasteiger partial charge < -0.3 is 10.1 Å². The molecule has 0 aromatic heterocycles. The summed E-state index contributed by atoms with van der Waals surface area (Å²) in [7, 11) is 0. The third-order valence-corrected chi connectivity index (χ3v) is 3.75. The molecule has 3 nitrogen and oxygen atoms in total. The van der Waals surface area contributed by atoms with Gasteiger partial charge in [0.2, 0.25) is 0 Å². The maximum atomic E-state index is 12.3. The number of carbonyl (C=O) groups excluding carboxylic acids is 1. The molecule has 5 heteroatoms. The van der Waals surface area contributed by atoms with Gasteiger partial charge in [0.05, 0.1) is 5.02 Å². The van der Waals surface area contributed by atoms with E-state index in [1.165, 1.54) is 0 Å². The van der Waals surface area contributed by atoms with Crippen molar-refractivity contribution in [3.63, 3.8) is 0 Å². The van der Waals surface area contributed by atoms with E-state index in [1.54, 1.807) is 25.1 Å². The highest BCUT2D eigenvalue weighted by Gasteiger charge is 2.17. The Morgan fingerprint density at radius 2 is 1.95 bits per heavy atom. The van der Waals surface area contributed by atoms with Gasteiger partial charge in [-0.2, -0.15) is 0 Å². The highest BCUT2D eigenvalue weighted by molar-refractivity contribution is 6.35. The van der Waals surface area contributed by atoms with Gasteiger partial charge in [-0.3, -0.25) is 4.79 Å². The number of hydrogen-bond acceptors (Lipinski definition) is 2. The molecule has 0 saturated carbocycles. The average Bonchev–Trinajstić information content (AvgIpc) is 2.50. The molecule has 0 bridgehead atoms. The normalized spacial score (nSPS) is 11.8. The highest BCUT2D eigenvalue weighted by atomic mass is 35.5. The molecule has 0 aliphatic rings. The molecule has 0 saturated heterocycles. The van der Waals surface area contributed by atoms with Crippen LogP contribution >= 0.6 is 23.2 Å². The van der Waals surface area contributed by atoms with E-state index >= 15 is 0 Å². The number of aryl methyl sites for hydroxylation is 1. The van der Waals surface area contributed by atoms with Crippen LogP contribution in [0.4, 0.5) is 5.69 Å². The second-order valence-electron chi connectivity index (χ2n) is 4.83. The van der Waals surface area contributed by atoms with Crippen LogP contribution in [0.1, 0.15) is 19.4 Å². The first-order chi connectivity index (χ1) is 10.5. The molecule has 0 unspecified atom stereocenters. The number of amides is 1. The highest BCUT2D eigenvalue weighted by Crippen LogP contribution is 2.28. The first-order valence-corrected chi connectivity index (χ1v) is 7.77. The predicted octanol–water partition coefficient (Wildman–Crippen LogP) is 4.96. The maximum Gasteiger partial charge on any atom is 0.265 e.